The molecule has 0 bridgehead atoms. The van der Waals surface area contributed by atoms with Crippen molar-refractivity contribution in [2.45, 2.75) is 27.2 Å². The van der Waals surface area contributed by atoms with Crippen LogP contribution in [0.25, 0.3) is 0 Å². The molecule has 0 aromatic carbocycles. The molecule has 0 saturated carbocycles. The van der Waals surface area contributed by atoms with Crippen molar-refractivity contribution >= 4 is 5.97 Å². The van der Waals surface area contributed by atoms with Crippen molar-refractivity contribution in [3.63, 3.8) is 0 Å². The van der Waals surface area contributed by atoms with E-state index < -0.39 is 11.4 Å². The van der Waals surface area contributed by atoms with Crippen molar-refractivity contribution in [1.29, 1.82) is 0 Å². The van der Waals surface area contributed by atoms with Crippen LogP contribution in [-0.2, 0) is 37.5 Å². The fraction of sp³-hybridized carbons (Fsp3) is 0.714. The molecule has 0 aromatic rings. The molecule has 0 heterocycles. The standard InChI is InChI=1S/C6H12O2.CH3.Y/c1-4-6(2,3)5(7)8;;/h4H2,1-3H3,(H,7,8);1H3;/q;-1;. The monoisotopic (exact) mass is 220 g/mol. The molecule has 2 nitrogen and oxygen atoms in total. The third kappa shape index (κ3) is 5.37. The van der Waals surface area contributed by atoms with E-state index >= 15 is 0 Å². The van der Waals surface area contributed by atoms with Crippen LogP contribution in [0, 0.1) is 12.8 Å². The summed E-state index contributed by atoms with van der Waals surface area (Å²) in [6.07, 6.45) is 0.683. The summed E-state index contributed by atoms with van der Waals surface area (Å²) in [4.78, 5) is 10.3. The third-order valence-corrected chi connectivity index (χ3v) is 1.46. The predicted molar refractivity (Wildman–Crippen MR) is 38.1 cm³/mol. The van der Waals surface area contributed by atoms with Crippen molar-refractivity contribution in [2.75, 3.05) is 0 Å². The molecule has 0 spiro atoms. The summed E-state index contributed by atoms with van der Waals surface area (Å²) in [6.45, 7) is 5.30. The van der Waals surface area contributed by atoms with E-state index in [-0.39, 0.29) is 40.1 Å². The van der Waals surface area contributed by atoms with Gasteiger partial charge in [0.15, 0.2) is 0 Å². The van der Waals surface area contributed by atoms with E-state index in [9.17, 15) is 4.79 Å². The number of aliphatic carboxylic acids is 1. The van der Waals surface area contributed by atoms with Gasteiger partial charge in [-0.1, -0.05) is 6.92 Å². The number of carboxylic acid groups (broad SMARTS) is 1. The van der Waals surface area contributed by atoms with E-state index in [4.69, 9.17) is 5.11 Å². The Bertz CT molecular complexity index is 99.8. The number of hydrogen-bond acceptors (Lipinski definition) is 1. The van der Waals surface area contributed by atoms with Gasteiger partial charge in [0.1, 0.15) is 0 Å². The van der Waals surface area contributed by atoms with Gasteiger partial charge in [-0.25, -0.2) is 0 Å². The number of carboxylic acids is 1. The summed E-state index contributed by atoms with van der Waals surface area (Å²) >= 11 is 0. The maximum Gasteiger partial charge on any atom is 0.309 e. The second-order valence-electron chi connectivity index (χ2n) is 2.54. The smallest absolute Gasteiger partial charge is 0.309 e. The van der Waals surface area contributed by atoms with Crippen LogP contribution in [0.4, 0.5) is 0 Å². The molecule has 0 aromatic heterocycles. The number of carbonyl (C=O) groups is 1. The van der Waals surface area contributed by atoms with Gasteiger partial charge >= 0.3 is 5.97 Å². The number of rotatable bonds is 2. The molecular formula is C7H15O2Y-. The second kappa shape index (κ2) is 6.29. The largest absolute Gasteiger partial charge is 0.481 e. The van der Waals surface area contributed by atoms with Crippen LogP contribution < -0.4 is 0 Å². The van der Waals surface area contributed by atoms with Gasteiger partial charge in [0, 0.05) is 32.7 Å². The first kappa shape index (κ1) is 16.9. The van der Waals surface area contributed by atoms with Gasteiger partial charge in [-0.05, 0) is 20.3 Å². The van der Waals surface area contributed by atoms with Gasteiger partial charge < -0.3 is 12.5 Å². The molecule has 10 heavy (non-hydrogen) atoms. The Labute approximate surface area is 88.3 Å². The van der Waals surface area contributed by atoms with E-state index in [0.29, 0.717) is 6.42 Å². The Morgan fingerprint density at radius 3 is 1.80 bits per heavy atom. The van der Waals surface area contributed by atoms with E-state index in [1.54, 1.807) is 13.8 Å². The summed E-state index contributed by atoms with van der Waals surface area (Å²) in [5, 5.41) is 8.44. The average molecular weight is 220 g/mol. The normalized spacial score (nSPS) is 9.10. The van der Waals surface area contributed by atoms with Crippen molar-refractivity contribution in [3.05, 3.63) is 7.43 Å². The minimum Gasteiger partial charge on any atom is -0.481 e. The topological polar surface area (TPSA) is 37.3 Å². The van der Waals surface area contributed by atoms with E-state index in [0.717, 1.165) is 0 Å². The molecule has 0 unspecified atom stereocenters. The average Bonchev–Trinajstić information content (AvgIpc) is 1.67. The van der Waals surface area contributed by atoms with Crippen LogP contribution in [0.5, 0.6) is 0 Å². The first-order valence-electron chi connectivity index (χ1n) is 2.74. The first-order chi connectivity index (χ1) is 3.50. The summed E-state index contributed by atoms with van der Waals surface area (Å²) in [5.41, 5.74) is -0.542. The van der Waals surface area contributed by atoms with Gasteiger partial charge in [0.05, 0.1) is 5.41 Å². The Morgan fingerprint density at radius 1 is 1.50 bits per heavy atom. The fourth-order valence-electron chi connectivity index (χ4n) is 0.151. The Morgan fingerprint density at radius 2 is 1.80 bits per heavy atom. The second-order valence-corrected chi connectivity index (χ2v) is 2.54. The fourth-order valence-corrected chi connectivity index (χ4v) is 0.151. The molecule has 0 aliphatic heterocycles. The SMILES string of the molecule is CCC(C)(C)C(=O)O.[CH3-].[Y]. The minimum absolute atomic E-state index is 0. The summed E-state index contributed by atoms with van der Waals surface area (Å²) in [5.74, 6) is -0.722. The molecule has 59 valence electrons. The summed E-state index contributed by atoms with van der Waals surface area (Å²) < 4.78 is 0. The van der Waals surface area contributed by atoms with Crippen LogP contribution in [0.2, 0.25) is 0 Å². The molecule has 3 heteroatoms. The Kier molecular flexibility index (Phi) is 10.6. The predicted octanol–water partition coefficient (Wildman–Crippen LogP) is 1.95. The third-order valence-electron chi connectivity index (χ3n) is 1.46. The maximum absolute atomic E-state index is 10.3. The minimum atomic E-state index is -0.722. The zero-order valence-corrected chi connectivity index (χ0v) is 9.98. The Hall–Kier alpha value is 0.574. The number of hydrogen-bond donors (Lipinski definition) is 1. The molecule has 0 atom stereocenters. The molecular weight excluding hydrogens is 205 g/mol. The molecule has 0 amide bonds. The van der Waals surface area contributed by atoms with E-state index in [2.05, 4.69) is 0 Å². The summed E-state index contributed by atoms with van der Waals surface area (Å²) in [6, 6.07) is 0. The van der Waals surface area contributed by atoms with Crippen LogP contribution in [0.1, 0.15) is 27.2 Å². The van der Waals surface area contributed by atoms with E-state index in [1.165, 1.54) is 0 Å². The molecule has 1 radical (unpaired) electrons. The van der Waals surface area contributed by atoms with Gasteiger partial charge in [-0.3, -0.25) is 4.79 Å². The van der Waals surface area contributed by atoms with Crippen molar-refractivity contribution in [2.24, 2.45) is 5.41 Å². The van der Waals surface area contributed by atoms with Crippen LogP contribution >= 0.6 is 0 Å². The Balaban J connectivity index is -0.000000245. The molecule has 0 saturated heterocycles. The molecule has 0 rings (SSSR count). The van der Waals surface area contributed by atoms with Crippen molar-refractivity contribution in [3.8, 4) is 0 Å². The quantitative estimate of drug-likeness (QED) is 0.722. The zero-order valence-electron chi connectivity index (χ0n) is 7.14. The van der Waals surface area contributed by atoms with Crippen molar-refractivity contribution < 1.29 is 42.6 Å². The maximum atomic E-state index is 10.3. The van der Waals surface area contributed by atoms with Crippen LogP contribution in [-0.4, -0.2) is 11.1 Å². The van der Waals surface area contributed by atoms with Gasteiger partial charge in [-0.15, -0.1) is 0 Å². The van der Waals surface area contributed by atoms with Gasteiger partial charge in [-0.2, -0.15) is 0 Å². The van der Waals surface area contributed by atoms with Crippen LogP contribution in [0.3, 0.4) is 0 Å². The molecule has 1 N–H and O–H groups in total. The molecule has 0 fully saturated rings. The molecule has 0 aliphatic carbocycles. The zero-order chi connectivity index (χ0) is 6.78. The first-order valence-corrected chi connectivity index (χ1v) is 2.74. The van der Waals surface area contributed by atoms with E-state index in [1.807, 2.05) is 6.92 Å². The molecule has 0 aliphatic rings. The van der Waals surface area contributed by atoms with Gasteiger partial charge in [0.2, 0.25) is 0 Å². The summed E-state index contributed by atoms with van der Waals surface area (Å²) in [7, 11) is 0. The van der Waals surface area contributed by atoms with Gasteiger partial charge in [0.25, 0.3) is 0 Å². The van der Waals surface area contributed by atoms with Crippen molar-refractivity contribution in [1.82, 2.24) is 0 Å². The van der Waals surface area contributed by atoms with Crippen LogP contribution in [0.15, 0.2) is 0 Å².